The number of benzene rings is 2. The number of ether oxygens (including phenoxy) is 1. The summed E-state index contributed by atoms with van der Waals surface area (Å²) in [5, 5.41) is 8.40. The zero-order valence-electron chi connectivity index (χ0n) is 15.3. The lowest BCUT2D eigenvalue weighted by molar-refractivity contribution is -0.127. The van der Waals surface area contributed by atoms with Crippen molar-refractivity contribution in [2.24, 2.45) is 0 Å². The standard InChI is InChI=1S/C19H20FN5O2S/c1-24(11-14-5-3-2-4-6-14)18(26)13-28-19-23-22-17(25(19)21)12-27-16-9-7-15(20)8-10-16/h2-10H,11-13,21H2,1H3. The quantitative estimate of drug-likeness (QED) is 0.461. The molecule has 7 nitrogen and oxygen atoms in total. The van der Waals surface area contributed by atoms with E-state index in [4.69, 9.17) is 10.6 Å². The molecule has 0 aliphatic rings. The molecule has 0 aliphatic carbocycles. The van der Waals surface area contributed by atoms with E-state index in [0.29, 0.717) is 23.3 Å². The van der Waals surface area contributed by atoms with Crippen LogP contribution in [0.1, 0.15) is 11.4 Å². The molecule has 1 heterocycles. The molecule has 28 heavy (non-hydrogen) atoms. The van der Waals surface area contributed by atoms with Crippen LogP contribution in [0.5, 0.6) is 5.75 Å². The second-order valence-corrected chi connectivity index (χ2v) is 6.98. The maximum absolute atomic E-state index is 12.9. The van der Waals surface area contributed by atoms with Gasteiger partial charge in [-0.15, -0.1) is 10.2 Å². The van der Waals surface area contributed by atoms with E-state index in [0.717, 1.165) is 5.56 Å². The van der Waals surface area contributed by atoms with Crippen LogP contribution < -0.4 is 10.6 Å². The van der Waals surface area contributed by atoms with Crippen molar-refractivity contribution in [1.29, 1.82) is 0 Å². The fourth-order valence-electron chi connectivity index (χ4n) is 2.36. The predicted molar refractivity (Wildman–Crippen MR) is 105 cm³/mol. The Kier molecular flexibility index (Phi) is 6.49. The largest absolute Gasteiger partial charge is 0.486 e. The van der Waals surface area contributed by atoms with E-state index < -0.39 is 0 Å². The summed E-state index contributed by atoms with van der Waals surface area (Å²) in [5.74, 6) is 6.69. The van der Waals surface area contributed by atoms with Crippen LogP contribution in [-0.2, 0) is 17.9 Å². The van der Waals surface area contributed by atoms with E-state index in [1.807, 2.05) is 30.3 Å². The molecule has 0 radical (unpaired) electrons. The van der Waals surface area contributed by atoms with Gasteiger partial charge in [-0.3, -0.25) is 4.79 Å². The van der Waals surface area contributed by atoms with E-state index in [1.165, 1.54) is 40.7 Å². The lowest BCUT2D eigenvalue weighted by atomic mass is 10.2. The van der Waals surface area contributed by atoms with Crippen LogP contribution in [0.25, 0.3) is 0 Å². The number of rotatable bonds is 8. The number of nitrogen functional groups attached to an aromatic ring is 1. The molecule has 0 spiro atoms. The summed E-state index contributed by atoms with van der Waals surface area (Å²) in [6.07, 6.45) is 0. The topological polar surface area (TPSA) is 86.3 Å². The smallest absolute Gasteiger partial charge is 0.233 e. The van der Waals surface area contributed by atoms with Crippen LogP contribution >= 0.6 is 11.8 Å². The third-order valence-electron chi connectivity index (χ3n) is 3.93. The number of aromatic nitrogens is 3. The molecule has 0 saturated heterocycles. The molecule has 3 rings (SSSR count). The normalized spacial score (nSPS) is 10.6. The van der Waals surface area contributed by atoms with Gasteiger partial charge in [-0.05, 0) is 29.8 Å². The molecule has 0 atom stereocenters. The van der Waals surface area contributed by atoms with Gasteiger partial charge in [0.1, 0.15) is 18.2 Å². The van der Waals surface area contributed by atoms with Crippen LogP contribution in [0.4, 0.5) is 4.39 Å². The van der Waals surface area contributed by atoms with Gasteiger partial charge in [0.2, 0.25) is 11.1 Å². The number of carbonyl (C=O) groups is 1. The van der Waals surface area contributed by atoms with Gasteiger partial charge in [0, 0.05) is 13.6 Å². The molecule has 1 amide bonds. The van der Waals surface area contributed by atoms with Crippen molar-refractivity contribution in [3.05, 3.63) is 71.8 Å². The minimum atomic E-state index is -0.338. The third kappa shape index (κ3) is 5.23. The summed E-state index contributed by atoms with van der Waals surface area (Å²) in [7, 11) is 1.75. The predicted octanol–water partition coefficient (Wildman–Crippen LogP) is 2.46. The van der Waals surface area contributed by atoms with Gasteiger partial charge < -0.3 is 15.5 Å². The minimum absolute atomic E-state index is 0.0408. The summed E-state index contributed by atoms with van der Waals surface area (Å²) < 4.78 is 19.7. The number of thioether (sulfide) groups is 1. The SMILES string of the molecule is CN(Cc1ccccc1)C(=O)CSc1nnc(COc2ccc(F)cc2)n1N. The van der Waals surface area contributed by atoms with Gasteiger partial charge in [-0.25, -0.2) is 9.07 Å². The molecule has 2 N–H and O–H groups in total. The monoisotopic (exact) mass is 401 g/mol. The number of halogens is 1. The van der Waals surface area contributed by atoms with Gasteiger partial charge in [0.25, 0.3) is 0 Å². The van der Waals surface area contributed by atoms with Crippen LogP contribution in [0, 0.1) is 5.82 Å². The average molecular weight is 401 g/mol. The summed E-state index contributed by atoms with van der Waals surface area (Å²) >= 11 is 1.21. The zero-order chi connectivity index (χ0) is 19.9. The first kappa shape index (κ1) is 19.7. The molecule has 0 saturated carbocycles. The van der Waals surface area contributed by atoms with Crippen molar-refractivity contribution in [2.45, 2.75) is 18.3 Å². The van der Waals surface area contributed by atoms with Crippen molar-refractivity contribution in [3.8, 4) is 5.75 Å². The Morgan fingerprint density at radius 3 is 2.61 bits per heavy atom. The lowest BCUT2D eigenvalue weighted by Gasteiger charge is -2.16. The number of hydrogen-bond donors (Lipinski definition) is 1. The average Bonchev–Trinajstić information content (AvgIpc) is 3.06. The Balaban J connectivity index is 1.50. The molecular formula is C19H20FN5O2S. The van der Waals surface area contributed by atoms with E-state index >= 15 is 0 Å². The first-order valence-corrected chi connectivity index (χ1v) is 9.50. The second kappa shape index (κ2) is 9.23. The Bertz CT molecular complexity index is 918. The number of carbonyl (C=O) groups excluding carboxylic acids is 1. The highest BCUT2D eigenvalue weighted by Gasteiger charge is 2.15. The first-order chi connectivity index (χ1) is 13.5. The molecule has 146 valence electrons. The maximum Gasteiger partial charge on any atom is 0.233 e. The van der Waals surface area contributed by atoms with E-state index in [9.17, 15) is 9.18 Å². The Morgan fingerprint density at radius 1 is 1.18 bits per heavy atom. The van der Waals surface area contributed by atoms with Gasteiger partial charge in [-0.1, -0.05) is 42.1 Å². The Morgan fingerprint density at radius 2 is 1.89 bits per heavy atom. The van der Waals surface area contributed by atoms with Crippen molar-refractivity contribution in [3.63, 3.8) is 0 Å². The van der Waals surface area contributed by atoms with Gasteiger partial charge >= 0.3 is 0 Å². The fourth-order valence-corrected chi connectivity index (χ4v) is 3.18. The van der Waals surface area contributed by atoms with E-state index in [1.54, 1.807) is 11.9 Å². The molecule has 2 aromatic carbocycles. The fraction of sp³-hybridized carbons (Fsp3) is 0.211. The van der Waals surface area contributed by atoms with E-state index in [-0.39, 0.29) is 24.1 Å². The number of nitrogens with zero attached hydrogens (tertiary/aromatic N) is 4. The summed E-state index contributed by atoms with van der Waals surface area (Å²) in [5.41, 5.74) is 1.06. The number of amides is 1. The van der Waals surface area contributed by atoms with E-state index in [2.05, 4.69) is 10.2 Å². The van der Waals surface area contributed by atoms with Crippen LogP contribution in [0.15, 0.2) is 59.8 Å². The van der Waals surface area contributed by atoms with Gasteiger partial charge in [-0.2, -0.15) is 0 Å². The summed E-state index contributed by atoms with van der Waals surface area (Å²) in [6, 6.07) is 15.4. The first-order valence-electron chi connectivity index (χ1n) is 8.51. The molecule has 0 bridgehead atoms. The van der Waals surface area contributed by atoms with Crippen LogP contribution in [0.3, 0.4) is 0 Å². The Hall–Kier alpha value is -3.07. The van der Waals surface area contributed by atoms with Gasteiger partial charge in [0.15, 0.2) is 5.82 Å². The van der Waals surface area contributed by atoms with Gasteiger partial charge in [0.05, 0.1) is 5.75 Å². The lowest BCUT2D eigenvalue weighted by Crippen LogP contribution is -2.28. The highest BCUT2D eigenvalue weighted by atomic mass is 32.2. The maximum atomic E-state index is 12.9. The van der Waals surface area contributed by atoms with Crippen molar-refractivity contribution in [1.82, 2.24) is 19.8 Å². The molecule has 0 fully saturated rings. The molecule has 3 aromatic rings. The third-order valence-corrected chi connectivity index (χ3v) is 4.86. The van der Waals surface area contributed by atoms with Crippen molar-refractivity contribution >= 4 is 17.7 Å². The molecule has 1 aromatic heterocycles. The zero-order valence-corrected chi connectivity index (χ0v) is 16.1. The molecule has 0 unspecified atom stereocenters. The highest BCUT2D eigenvalue weighted by molar-refractivity contribution is 7.99. The minimum Gasteiger partial charge on any atom is -0.486 e. The van der Waals surface area contributed by atoms with Crippen molar-refractivity contribution < 1.29 is 13.9 Å². The number of hydrogen-bond acceptors (Lipinski definition) is 6. The van der Waals surface area contributed by atoms with Crippen molar-refractivity contribution in [2.75, 3.05) is 18.6 Å². The summed E-state index contributed by atoms with van der Waals surface area (Å²) in [4.78, 5) is 14.0. The van der Waals surface area contributed by atoms with Crippen LogP contribution in [-0.4, -0.2) is 38.5 Å². The van der Waals surface area contributed by atoms with Crippen LogP contribution in [0.2, 0.25) is 0 Å². The summed E-state index contributed by atoms with van der Waals surface area (Å²) in [6.45, 7) is 0.615. The molecule has 0 aliphatic heterocycles. The second-order valence-electron chi connectivity index (χ2n) is 6.04. The molecular weight excluding hydrogens is 381 g/mol. The Labute approximate surface area is 166 Å². The number of nitrogens with two attached hydrogens (primary N) is 1. The highest BCUT2D eigenvalue weighted by Crippen LogP contribution is 2.17. The molecule has 9 heteroatoms.